The van der Waals surface area contributed by atoms with Gasteiger partial charge < -0.3 is 10.2 Å². The third kappa shape index (κ3) is 4.04. The fraction of sp³-hybridized carbons (Fsp3) is 1.00. The van der Waals surface area contributed by atoms with E-state index in [0.717, 1.165) is 24.9 Å². The number of nitrogens with zero attached hydrogens (tertiary/aromatic N) is 2. The van der Waals surface area contributed by atoms with Crippen molar-refractivity contribution in [2.45, 2.75) is 26.8 Å². The number of hydrogen-bond acceptors (Lipinski definition) is 3. The maximum absolute atomic E-state index is 3.49. The van der Waals surface area contributed by atoms with E-state index in [0.29, 0.717) is 6.04 Å². The van der Waals surface area contributed by atoms with Crippen LogP contribution in [0.2, 0.25) is 0 Å². The van der Waals surface area contributed by atoms with E-state index in [-0.39, 0.29) is 0 Å². The predicted molar refractivity (Wildman–Crippen MR) is 70.8 cm³/mol. The van der Waals surface area contributed by atoms with Gasteiger partial charge in [0.1, 0.15) is 0 Å². The molecule has 1 fully saturated rings. The van der Waals surface area contributed by atoms with Crippen molar-refractivity contribution in [1.82, 2.24) is 15.1 Å². The molecule has 0 spiro atoms. The number of hydrogen-bond donors (Lipinski definition) is 1. The summed E-state index contributed by atoms with van der Waals surface area (Å²) in [4.78, 5) is 4.90. The zero-order valence-corrected chi connectivity index (χ0v) is 11.7. The Labute approximate surface area is 101 Å². The van der Waals surface area contributed by atoms with Gasteiger partial charge in [-0.05, 0) is 52.5 Å². The summed E-state index contributed by atoms with van der Waals surface area (Å²) in [6, 6.07) is 0.660. The van der Waals surface area contributed by atoms with E-state index < -0.39 is 0 Å². The lowest BCUT2D eigenvalue weighted by Gasteiger charge is -2.32. The molecule has 1 aliphatic heterocycles. The molecular formula is C13H29N3. The van der Waals surface area contributed by atoms with Crippen LogP contribution in [0.25, 0.3) is 0 Å². The van der Waals surface area contributed by atoms with E-state index in [1.54, 1.807) is 0 Å². The molecule has 1 saturated heterocycles. The fourth-order valence-electron chi connectivity index (χ4n) is 2.67. The SMILES string of the molecule is CCN(C[C@@H]1CNC[C@H]1C)C(C)CN(C)C. The topological polar surface area (TPSA) is 18.5 Å². The molecule has 0 aliphatic carbocycles. The molecule has 0 radical (unpaired) electrons. The Kier molecular flexibility index (Phi) is 5.73. The summed E-state index contributed by atoms with van der Waals surface area (Å²) in [7, 11) is 4.31. The molecule has 0 aromatic carbocycles. The van der Waals surface area contributed by atoms with E-state index in [1.807, 2.05) is 0 Å². The minimum Gasteiger partial charge on any atom is -0.316 e. The van der Waals surface area contributed by atoms with Gasteiger partial charge >= 0.3 is 0 Å². The van der Waals surface area contributed by atoms with Crippen molar-refractivity contribution in [1.29, 1.82) is 0 Å². The van der Waals surface area contributed by atoms with Gasteiger partial charge in [-0.2, -0.15) is 0 Å². The molecule has 0 aromatic heterocycles. The quantitative estimate of drug-likeness (QED) is 0.733. The Morgan fingerprint density at radius 1 is 1.31 bits per heavy atom. The first kappa shape index (κ1) is 13.9. The van der Waals surface area contributed by atoms with Gasteiger partial charge in [-0.25, -0.2) is 0 Å². The number of rotatable bonds is 6. The van der Waals surface area contributed by atoms with Crippen LogP contribution in [0.1, 0.15) is 20.8 Å². The molecule has 1 rings (SSSR count). The highest BCUT2D eigenvalue weighted by Crippen LogP contribution is 2.18. The van der Waals surface area contributed by atoms with Crippen LogP contribution in [0.5, 0.6) is 0 Å². The average Bonchev–Trinajstić information content (AvgIpc) is 2.59. The van der Waals surface area contributed by atoms with E-state index in [2.05, 4.69) is 50.0 Å². The third-order valence-electron chi connectivity index (χ3n) is 3.81. The summed E-state index contributed by atoms with van der Waals surface area (Å²) in [5, 5.41) is 3.49. The Hall–Kier alpha value is -0.120. The predicted octanol–water partition coefficient (Wildman–Crippen LogP) is 1.11. The van der Waals surface area contributed by atoms with Crippen molar-refractivity contribution in [3.63, 3.8) is 0 Å². The van der Waals surface area contributed by atoms with Crippen LogP contribution in [0.4, 0.5) is 0 Å². The standard InChI is InChI=1S/C13H29N3/c1-6-16(12(3)9-15(4)5)10-13-8-14-7-11(13)2/h11-14H,6-10H2,1-5H3/t11-,12?,13+/m1/s1. The minimum atomic E-state index is 0.660. The van der Waals surface area contributed by atoms with E-state index >= 15 is 0 Å². The summed E-state index contributed by atoms with van der Waals surface area (Å²) in [5.74, 6) is 1.67. The van der Waals surface area contributed by atoms with Crippen molar-refractivity contribution in [2.75, 3.05) is 46.8 Å². The third-order valence-corrected chi connectivity index (χ3v) is 3.81. The van der Waals surface area contributed by atoms with Gasteiger partial charge in [-0.3, -0.25) is 4.90 Å². The Morgan fingerprint density at radius 3 is 2.44 bits per heavy atom. The number of likely N-dealkylation sites (N-methyl/N-ethyl adjacent to an activating group) is 2. The van der Waals surface area contributed by atoms with Crippen LogP contribution in [-0.2, 0) is 0 Å². The first-order valence-electron chi connectivity index (χ1n) is 6.64. The van der Waals surface area contributed by atoms with Crippen LogP contribution in [-0.4, -0.2) is 62.7 Å². The normalized spacial score (nSPS) is 27.9. The summed E-state index contributed by atoms with van der Waals surface area (Å²) >= 11 is 0. The highest BCUT2D eigenvalue weighted by molar-refractivity contribution is 4.82. The molecule has 0 aromatic rings. The molecule has 3 nitrogen and oxygen atoms in total. The van der Waals surface area contributed by atoms with Gasteiger partial charge in [0, 0.05) is 19.1 Å². The van der Waals surface area contributed by atoms with E-state index in [9.17, 15) is 0 Å². The van der Waals surface area contributed by atoms with Crippen LogP contribution >= 0.6 is 0 Å². The summed E-state index contributed by atoms with van der Waals surface area (Å²) in [5.41, 5.74) is 0. The van der Waals surface area contributed by atoms with Crippen molar-refractivity contribution in [3.05, 3.63) is 0 Å². The van der Waals surface area contributed by atoms with Gasteiger partial charge in [0.25, 0.3) is 0 Å². The van der Waals surface area contributed by atoms with Crippen molar-refractivity contribution in [2.24, 2.45) is 11.8 Å². The molecule has 16 heavy (non-hydrogen) atoms. The molecule has 0 bridgehead atoms. The molecule has 1 unspecified atom stereocenters. The molecule has 0 amide bonds. The monoisotopic (exact) mass is 227 g/mol. The first-order valence-corrected chi connectivity index (χ1v) is 6.64. The Balaban J connectivity index is 2.41. The highest BCUT2D eigenvalue weighted by atomic mass is 15.2. The molecule has 1 heterocycles. The molecule has 3 atom stereocenters. The lowest BCUT2D eigenvalue weighted by Crippen LogP contribution is -2.43. The van der Waals surface area contributed by atoms with Gasteiger partial charge in [-0.15, -0.1) is 0 Å². The average molecular weight is 227 g/mol. The minimum absolute atomic E-state index is 0.660. The van der Waals surface area contributed by atoms with Gasteiger partial charge in [0.05, 0.1) is 0 Å². The largest absolute Gasteiger partial charge is 0.316 e. The zero-order chi connectivity index (χ0) is 12.1. The second-order valence-corrected chi connectivity index (χ2v) is 5.59. The lowest BCUT2D eigenvalue weighted by atomic mass is 9.97. The zero-order valence-electron chi connectivity index (χ0n) is 11.7. The molecule has 3 heteroatoms. The second kappa shape index (κ2) is 6.58. The van der Waals surface area contributed by atoms with Crippen molar-refractivity contribution >= 4 is 0 Å². The number of nitrogens with one attached hydrogen (secondary N) is 1. The first-order chi connectivity index (χ1) is 7.54. The molecule has 96 valence electrons. The highest BCUT2D eigenvalue weighted by Gasteiger charge is 2.26. The Morgan fingerprint density at radius 2 is 2.00 bits per heavy atom. The summed E-state index contributed by atoms with van der Waals surface area (Å²) in [6.45, 7) is 13.0. The van der Waals surface area contributed by atoms with Gasteiger partial charge in [-0.1, -0.05) is 13.8 Å². The maximum atomic E-state index is 3.49. The molecule has 1 aliphatic rings. The van der Waals surface area contributed by atoms with Crippen molar-refractivity contribution in [3.8, 4) is 0 Å². The summed E-state index contributed by atoms with van der Waals surface area (Å²) in [6.07, 6.45) is 0. The van der Waals surface area contributed by atoms with E-state index in [1.165, 1.54) is 19.6 Å². The van der Waals surface area contributed by atoms with Crippen molar-refractivity contribution < 1.29 is 0 Å². The molecule has 0 saturated carbocycles. The maximum Gasteiger partial charge on any atom is 0.0194 e. The lowest BCUT2D eigenvalue weighted by molar-refractivity contribution is 0.151. The smallest absolute Gasteiger partial charge is 0.0194 e. The van der Waals surface area contributed by atoms with Crippen LogP contribution < -0.4 is 5.32 Å². The van der Waals surface area contributed by atoms with Crippen LogP contribution in [0.15, 0.2) is 0 Å². The van der Waals surface area contributed by atoms with Crippen LogP contribution in [0, 0.1) is 11.8 Å². The second-order valence-electron chi connectivity index (χ2n) is 5.59. The van der Waals surface area contributed by atoms with Crippen LogP contribution in [0.3, 0.4) is 0 Å². The van der Waals surface area contributed by atoms with E-state index in [4.69, 9.17) is 0 Å². The Bertz CT molecular complexity index is 194. The molecule has 1 N–H and O–H groups in total. The molecular weight excluding hydrogens is 198 g/mol. The summed E-state index contributed by atoms with van der Waals surface area (Å²) < 4.78 is 0. The van der Waals surface area contributed by atoms with Gasteiger partial charge in [0.2, 0.25) is 0 Å². The fourth-order valence-corrected chi connectivity index (χ4v) is 2.67. The van der Waals surface area contributed by atoms with Gasteiger partial charge in [0.15, 0.2) is 0 Å².